The minimum Gasteiger partial charge on any atom is -0.356 e. The third-order valence-corrected chi connectivity index (χ3v) is 4.65. The molecule has 0 saturated carbocycles. The Balaban J connectivity index is 1.68. The van der Waals surface area contributed by atoms with Crippen LogP contribution in [0.5, 0.6) is 0 Å². The van der Waals surface area contributed by atoms with Gasteiger partial charge >= 0.3 is 0 Å². The lowest BCUT2D eigenvalue weighted by molar-refractivity contribution is -0.132. The second-order valence-electron chi connectivity index (χ2n) is 5.34. The molecule has 0 aromatic carbocycles. The molecule has 0 atom stereocenters. The van der Waals surface area contributed by atoms with E-state index in [2.05, 4.69) is 22.8 Å². The third-order valence-electron chi connectivity index (χ3n) is 3.75. The zero-order valence-electron chi connectivity index (χ0n) is 11.9. The minimum atomic E-state index is -0.0764. The maximum absolute atomic E-state index is 12.0. The van der Waals surface area contributed by atoms with Gasteiger partial charge in [-0.15, -0.1) is 11.3 Å². The fourth-order valence-corrected chi connectivity index (χ4v) is 3.42. The Morgan fingerprint density at radius 1 is 1.40 bits per heavy atom. The van der Waals surface area contributed by atoms with E-state index in [0.717, 1.165) is 32.4 Å². The molecule has 5 heteroatoms. The third kappa shape index (κ3) is 4.63. The minimum absolute atomic E-state index is 0.0764. The molecule has 2 rings (SSSR count). The van der Waals surface area contributed by atoms with Crippen molar-refractivity contribution >= 4 is 23.2 Å². The normalized spacial score (nSPS) is 16.1. The molecule has 1 saturated heterocycles. The zero-order valence-corrected chi connectivity index (χ0v) is 12.7. The predicted octanol–water partition coefficient (Wildman–Crippen LogP) is 2.06. The SMILES string of the molecule is CC(=O)NCCC(=O)N1CCC(Cc2cccs2)CC1. The van der Waals surface area contributed by atoms with E-state index in [1.54, 1.807) is 0 Å². The fourth-order valence-electron chi connectivity index (χ4n) is 2.60. The first-order chi connectivity index (χ1) is 9.65. The first-order valence-electron chi connectivity index (χ1n) is 7.19. The molecule has 20 heavy (non-hydrogen) atoms. The van der Waals surface area contributed by atoms with Gasteiger partial charge in [0.25, 0.3) is 0 Å². The monoisotopic (exact) mass is 294 g/mol. The topological polar surface area (TPSA) is 49.4 Å². The van der Waals surface area contributed by atoms with Crippen molar-refractivity contribution in [3.05, 3.63) is 22.4 Å². The van der Waals surface area contributed by atoms with Gasteiger partial charge in [0.15, 0.2) is 0 Å². The molecular formula is C15H22N2O2S. The van der Waals surface area contributed by atoms with Gasteiger partial charge in [0, 0.05) is 37.9 Å². The van der Waals surface area contributed by atoms with Crippen LogP contribution in [0.2, 0.25) is 0 Å². The second-order valence-corrected chi connectivity index (χ2v) is 6.37. The molecule has 1 aromatic rings. The van der Waals surface area contributed by atoms with Gasteiger partial charge in [-0.05, 0) is 36.6 Å². The number of piperidine rings is 1. The van der Waals surface area contributed by atoms with Crippen LogP contribution in [0, 0.1) is 5.92 Å². The molecule has 2 amide bonds. The molecule has 0 unspecified atom stereocenters. The lowest BCUT2D eigenvalue weighted by Crippen LogP contribution is -2.40. The van der Waals surface area contributed by atoms with Crippen LogP contribution in [-0.4, -0.2) is 36.3 Å². The number of carbonyl (C=O) groups excluding carboxylic acids is 2. The zero-order chi connectivity index (χ0) is 14.4. The highest BCUT2D eigenvalue weighted by molar-refractivity contribution is 7.09. The van der Waals surface area contributed by atoms with E-state index >= 15 is 0 Å². The number of likely N-dealkylation sites (tertiary alicyclic amines) is 1. The molecular weight excluding hydrogens is 272 g/mol. The molecule has 2 heterocycles. The van der Waals surface area contributed by atoms with Crippen molar-refractivity contribution < 1.29 is 9.59 Å². The van der Waals surface area contributed by atoms with E-state index in [0.29, 0.717) is 18.9 Å². The summed E-state index contributed by atoms with van der Waals surface area (Å²) in [5, 5.41) is 4.79. The predicted molar refractivity (Wildman–Crippen MR) is 80.6 cm³/mol. The molecule has 1 aliphatic rings. The van der Waals surface area contributed by atoms with Crippen LogP contribution in [0.4, 0.5) is 0 Å². The van der Waals surface area contributed by atoms with Crippen LogP contribution >= 0.6 is 11.3 Å². The number of hydrogen-bond acceptors (Lipinski definition) is 3. The molecule has 0 aliphatic carbocycles. The molecule has 0 bridgehead atoms. The van der Waals surface area contributed by atoms with E-state index in [-0.39, 0.29) is 11.8 Å². The molecule has 0 radical (unpaired) electrons. The van der Waals surface area contributed by atoms with Crippen LogP contribution < -0.4 is 5.32 Å². The molecule has 0 spiro atoms. The summed E-state index contributed by atoms with van der Waals surface area (Å²) >= 11 is 1.82. The first kappa shape index (κ1) is 15.0. The van der Waals surface area contributed by atoms with Gasteiger partial charge in [-0.3, -0.25) is 9.59 Å². The Kier molecular flexibility index (Phi) is 5.59. The van der Waals surface area contributed by atoms with Crippen molar-refractivity contribution in [2.24, 2.45) is 5.92 Å². The highest BCUT2D eigenvalue weighted by Gasteiger charge is 2.22. The summed E-state index contributed by atoms with van der Waals surface area (Å²) in [5.74, 6) is 0.786. The van der Waals surface area contributed by atoms with Gasteiger partial charge in [0.1, 0.15) is 0 Å². The van der Waals surface area contributed by atoms with Gasteiger partial charge < -0.3 is 10.2 Å². The van der Waals surface area contributed by atoms with Gasteiger partial charge in [-0.25, -0.2) is 0 Å². The highest BCUT2D eigenvalue weighted by atomic mass is 32.1. The van der Waals surface area contributed by atoms with Crippen molar-refractivity contribution in [2.45, 2.75) is 32.6 Å². The Hall–Kier alpha value is -1.36. The molecule has 1 fully saturated rings. The van der Waals surface area contributed by atoms with Crippen molar-refractivity contribution in [1.29, 1.82) is 0 Å². The lowest BCUT2D eigenvalue weighted by atomic mass is 9.93. The summed E-state index contributed by atoms with van der Waals surface area (Å²) in [7, 11) is 0. The smallest absolute Gasteiger partial charge is 0.224 e. The van der Waals surface area contributed by atoms with E-state index in [9.17, 15) is 9.59 Å². The van der Waals surface area contributed by atoms with Crippen LogP contribution in [0.3, 0.4) is 0 Å². The first-order valence-corrected chi connectivity index (χ1v) is 8.07. The number of rotatable bonds is 5. The van der Waals surface area contributed by atoms with Gasteiger partial charge in [-0.2, -0.15) is 0 Å². The van der Waals surface area contributed by atoms with Gasteiger partial charge in [0.2, 0.25) is 11.8 Å². The summed E-state index contributed by atoms with van der Waals surface area (Å²) in [6.45, 7) is 3.63. The van der Waals surface area contributed by atoms with Gasteiger partial charge in [0.05, 0.1) is 0 Å². The number of thiophene rings is 1. The largest absolute Gasteiger partial charge is 0.356 e. The van der Waals surface area contributed by atoms with Gasteiger partial charge in [-0.1, -0.05) is 6.07 Å². The average molecular weight is 294 g/mol. The number of amides is 2. The van der Waals surface area contributed by atoms with Crippen molar-refractivity contribution in [1.82, 2.24) is 10.2 Å². The average Bonchev–Trinajstić information content (AvgIpc) is 2.92. The van der Waals surface area contributed by atoms with E-state index in [1.807, 2.05) is 16.2 Å². The summed E-state index contributed by atoms with van der Waals surface area (Å²) < 4.78 is 0. The summed E-state index contributed by atoms with van der Waals surface area (Å²) in [6.07, 6.45) is 3.73. The Morgan fingerprint density at radius 2 is 2.15 bits per heavy atom. The maximum atomic E-state index is 12.0. The van der Waals surface area contributed by atoms with Crippen LogP contribution in [0.1, 0.15) is 31.1 Å². The Bertz CT molecular complexity index is 437. The van der Waals surface area contributed by atoms with Crippen molar-refractivity contribution in [2.75, 3.05) is 19.6 Å². The highest BCUT2D eigenvalue weighted by Crippen LogP contribution is 2.24. The van der Waals surface area contributed by atoms with E-state index in [1.165, 1.54) is 11.8 Å². The quantitative estimate of drug-likeness (QED) is 0.903. The van der Waals surface area contributed by atoms with Crippen molar-refractivity contribution in [3.8, 4) is 0 Å². The van der Waals surface area contributed by atoms with Crippen LogP contribution in [0.15, 0.2) is 17.5 Å². The van der Waals surface area contributed by atoms with E-state index in [4.69, 9.17) is 0 Å². The standard InChI is InChI=1S/C15H22N2O2S/c1-12(18)16-7-4-15(19)17-8-5-13(6-9-17)11-14-3-2-10-20-14/h2-3,10,13H,4-9,11H2,1H3,(H,16,18). The molecule has 1 N–H and O–H groups in total. The summed E-state index contributed by atoms with van der Waals surface area (Å²) in [6, 6.07) is 4.29. The Morgan fingerprint density at radius 3 is 2.75 bits per heavy atom. The molecule has 4 nitrogen and oxygen atoms in total. The number of nitrogens with one attached hydrogen (secondary N) is 1. The second kappa shape index (κ2) is 7.43. The van der Waals surface area contributed by atoms with Crippen LogP contribution in [-0.2, 0) is 16.0 Å². The lowest BCUT2D eigenvalue weighted by Gasteiger charge is -2.32. The number of carbonyl (C=O) groups is 2. The van der Waals surface area contributed by atoms with Crippen LogP contribution in [0.25, 0.3) is 0 Å². The Labute approximate surface area is 124 Å². The molecule has 1 aromatic heterocycles. The number of nitrogens with zero attached hydrogens (tertiary/aromatic N) is 1. The van der Waals surface area contributed by atoms with Crippen molar-refractivity contribution in [3.63, 3.8) is 0 Å². The summed E-state index contributed by atoms with van der Waals surface area (Å²) in [4.78, 5) is 26.1. The fraction of sp³-hybridized carbons (Fsp3) is 0.600. The van der Waals surface area contributed by atoms with E-state index < -0.39 is 0 Å². The maximum Gasteiger partial charge on any atom is 0.224 e. The summed E-state index contributed by atoms with van der Waals surface area (Å²) in [5.41, 5.74) is 0. The number of hydrogen-bond donors (Lipinski definition) is 1. The molecule has 1 aliphatic heterocycles. The molecule has 110 valence electrons.